The molecule has 2 saturated heterocycles. The van der Waals surface area contributed by atoms with Gasteiger partial charge in [-0.3, -0.25) is 0 Å². The van der Waals surface area contributed by atoms with Crippen molar-refractivity contribution in [2.24, 2.45) is 5.92 Å². The summed E-state index contributed by atoms with van der Waals surface area (Å²) in [5, 5.41) is 3.64. The molecule has 0 amide bonds. The van der Waals surface area contributed by atoms with Crippen LogP contribution in [-0.4, -0.2) is 38.0 Å². The van der Waals surface area contributed by atoms with Gasteiger partial charge in [0.2, 0.25) is 0 Å². The molecular formula is C12H23NO2. The van der Waals surface area contributed by atoms with Crippen LogP contribution in [0.4, 0.5) is 0 Å². The van der Waals surface area contributed by atoms with Crippen LogP contribution in [0.2, 0.25) is 0 Å². The van der Waals surface area contributed by atoms with Crippen molar-refractivity contribution in [3.8, 4) is 0 Å². The van der Waals surface area contributed by atoms with Crippen molar-refractivity contribution in [2.75, 3.05) is 26.4 Å². The number of hydrogen-bond donors (Lipinski definition) is 1. The number of nitrogens with one attached hydrogen (secondary N) is 1. The van der Waals surface area contributed by atoms with Gasteiger partial charge < -0.3 is 14.8 Å². The summed E-state index contributed by atoms with van der Waals surface area (Å²) in [7, 11) is 0. The minimum atomic E-state index is 0.0485. The Morgan fingerprint density at radius 1 is 1.40 bits per heavy atom. The fraction of sp³-hybridized carbons (Fsp3) is 1.00. The fourth-order valence-electron chi connectivity index (χ4n) is 2.47. The molecule has 2 aliphatic rings. The topological polar surface area (TPSA) is 30.5 Å². The molecule has 2 unspecified atom stereocenters. The second kappa shape index (κ2) is 4.81. The maximum atomic E-state index is 5.90. The predicted molar refractivity (Wildman–Crippen MR) is 60.0 cm³/mol. The van der Waals surface area contributed by atoms with Gasteiger partial charge in [0.05, 0.1) is 12.2 Å². The Hall–Kier alpha value is -0.120. The largest absolute Gasteiger partial charge is 0.378 e. The summed E-state index contributed by atoms with van der Waals surface area (Å²) < 4.78 is 11.4. The molecule has 0 saturated carbocycles. The Balaban J connectivity index is 1.81. The molecule has 3 heteroatoms. The normalized spacial score (nSPS) is 36.6. The van der Waals surface area contributed by atoms with Crippen LogP contribution in [-0.2, 0) is 9.47 Å². The molecule has 0 bridgehead atoms. The van der Waals surface area contributed by atoms with Crippen molar-refractivity contribution < 1.29 is 9.47 Å². The Morgan fingerprint density at radius 2 is 2.27 bits per heavy atom. The fourth-order valence-corrected chi connectivity index (χ4v) is 2.47. The number of hydrogen-bond acceptors (Lipinski definition) is 3. The van der Waals surface area contributed by atoms with Crippen LogP contribution in [0.1, 0.15) is 33.1 Å². The van der Waals surface area contributed by atoms with Crippen molar-refractivity contribution in [2.45, 2.75) is 44.8 Å². The van der Waals surface area contributed by atoms with Gasteiger partial charge in [0, 0.05) is 25.7 Å². The molecule has 3 nitrogen and oxygen atoms in total. The molecule has 15 heavy (non-hydrogen) atoms. The monoisotopic (exact) mass is 213 g/mol. The molecule has 2 heterocycles. The minimum Gasteiger partial charge on any atom is -0.378 e. The number of ether oxygens (including phenoxy) is 2. The Bertz CT molecular complexity index is 200. The summed E-state index contributed by atoms with van der Waals surface area (Å²) in [6, 6.07) is 0.628. The van der Waals surface area contributed by atoms with Crippen molar-refractivity contribution in [1.82, 2.24) is 5.32 Å². The highest BCUT2D eigenvalue weighted by molar-refractivity contribution is 4.92. The van der Waals surface area contributed by atoms with Crippen LogP contribution in [0.15, 0.2) is 0 Å². The smallest absolute Gasteiger partial charge is 0.0951 e. The van der Waals surface area contributed by atoms with E-state index in [0.717, 1.165) is 51.5 Å². The standard InChI is InChI=1S/C12H23NO2/c1-10(2)8-13-11-3-5-15-12(7-11)4-6-14-9-12/h10-11,13H,3-9H2,1-2H3. The van der Waals surface area contributed by atoms with Crippen molar-refractivity contribution in [1.29, 1.82) is 0 Å². The van der Waals surface area contributed by atoms with Crippen LogP contribution in [0.5, 0.6) is 0 Å². The molecular weight excluding hydrogens is 190 g/mol. The van der Waals surface area contributed by atoms with Gasteiger partial charge in [-0.15, -0.1) is 0 Å². The Kier molecular flexibility index (Phi) is 3.65. The second-order valence-electron chi connectivity index (χ2n) is 5.33. The molecule has 1 spiro atoms. The van der Waals surface area contributed by atoms with E-state index in [-0.39, 0.29) is 5.60 Å². The minimum absolute atomic E-state index is 0.0485. The first-order valence-electron chi connectivity index (χ1n) is 6.15. The quantitative estimate of drug-likeness (QED) is 0.772. The lowest BCUT2D eigenvalue weighted by atomic mass is 9.89. The van der Waals surface area contributed by atoms with Gasteiger partial charge in [-0.1, -0.05) is 13.8 Å². The molecule has 88 valence electrons. The molecule has 1 N–H and O–H groups in total. The van der Waals surface area contributed by atoms with Gasteiger partial charge in [0.1, 0.15) is 0 Å². The van der Waals surface area contributed by atoms with Crippen molar-refractivity contribution in [3.05, 3.63) is 0 Å². The predicted octanol–water partition coefficient (Wildman–Crippen LogP) is 1.57. The first-order chi connectivity index (χ1) is 7.20. The van der Waals surface area contributed by atoms with E-state index in [1.165, 1.54) is 0 Å². The van der Waals surface area contributed by atoms with Gasteiger partial charge in [-0.25, -0.2) is 0 Å². The van der Waals surface area contributed by atoms with Gasteiger partial charge in [-0.2, -0.15) is 0 Å². The van der Waals surface area contributed by atoms with E-state index in [4.69, 9.17) is 9.47 Å². The van der Waals surface area contributed by atoms with E-state index >= 15 is 0 Å². The Morgan fingerprint density at radius 3 is 2.93 bits per heavy atom. The molecule has 0 aromatic carbocycles. The zero-order chi connectivity index (χ0) is 10.7. The van der Waals surface area contributed by atoms with Gasteiger partial charge in [0.25, 0.3) is 0 Å². The van der Waals surface area contributed by atoms with Gasteiger partial charge >= 0.3 is 0 Å². The molecule has 0 aliphatic carbocycles. The number of rotatable bonds is 3. The average Bonchev–Trinajstić information content (AvgIpc) is 2.63. The molecule has 2 fully saturated rings. The van der Waals surface area contributed by atoms with Crippen molar-refractivity contribution in [3.63, 3.8) is 0 Å². The third kappa shape index (κ3) is 2.92. The summed E-state index contributed by atoms with van der Waals surface area (Å²) >= 11 is 0. The van der Waals surface area contributed by atoms with Crippen LogP contribution >= 0.6 is 0 Å². The molecule has 2 rings (SSSR count). The van der Waals surface area contributed by atoms with E-state index in [9.17, 15) is 0 Å². The summed E-state index contributed by atoms with van der Waals surface area (Å²) in [5.74, 6) is 0.726. The highest BCUT2D eigenvalue weighted by Crippen LogP contribution is 2.32. The van der Waals surface area contributed by atoms with E-state index in [2.05, 4.69) is 19.2 Å². The average molecular weight is 213 g/mol. The van der Waals surface area contributed by atoms with Gasteiger partial charge in [0.15, 0.2) is 0 Å². The molecule has 0 aromatic rings. The third-order valence-corrected chi connectivity index (χ3v) is 3.37. The molecule has 0 aromatic heterocycles. The first-order valence-corrected chi connectivity index (χ1v) is 6.15. The van der Waals surface area contributed by atoms with Crippen LogP contribution in [0.3, 0.4) is 0 Å². The maximum Gasteiger partial charge on any atom is 0.0951 e. The second-order valence-corrected chi connectivity index (χ2v) is 5.33. The van der Waals surface area contributed by atoms with Gasteiger partial charge in [-0.05, 0) is 25.3 Å². The summed E-state index contributed by atoms with van der Waals surface area (Å²) in [6.07, 6.45) is 3.35. The van der Waals surface area contributed by atoms with Crippen LogP contribution < -0.4 is 5.32 Å². The first kappa shape index (κ1) is 11.4. The van der Waals surface area contributed by atoms with E-state index in [1.54, 1.807) is 0 Å². The van der Waals surface area contributed by atoms with E-state index < -0.39 is 0 Å². The third-order valence-electron chi connectivity index (χ3n) is 3.37. The zero-order valence-corrected chi connectivity index (χ0v) is 9.92. The van der Waals surface area contributed by atoms with E-state index in [0.29, 0.717) is 6.04 Å². The SMILES string of the molecule is CC(C)CNC1CCOC2(CCOC2)C1. The molecule has 2 aliphatic heterocycles. The highest BCUT2D eigenvalue weighted by atomic mass is 16.6. The Labute approximate surface area is 92.5 Å². The lowest BCUT2D eigenvalue weighted by Crippen LogP contribution is -2.48. The highest BCUT2D eigenvalue weighted by Gasteiger charge is 2.40. The summed E-state index contributed by atoms with van der Waals surface area (Å²) in [4.78, 5) is 0. The maximum absolute atomic E-state index is 5.90. The van der Waals surface area contributed by atoms with Crippen LogP contribution in [0, 0.1) is 5.92 Å². The lowest BCUT2D eigenvalue weighted by molar-refractivity contribution is -0.0894. The van der Waals surface area contributed by atoms with Crippen molar-refractivity contribution >= 4 is 0 Å². The summed E-state index contributed by atoms with van der Waals surface area (Å²) in [5.41, 5.74) is 0.0485. The zero-order valence-electron chi connectivity index (χ0n) is 9.92. The van der Waals surface area contributed by atoms with Crippen LogP contribution in [0.25, 0.3) is 0 Å². The summed E-state index contributed by atoms with van der Waals surface area (Å²) in [6.45, 7) is 8.17. The van der Waals surface area contributed by atoms with E-state index in [1.807, 2.05) is 0 Å². The molecule has 0 radical (unpaired) electrons. The molecule has 2 atom stereocenters. The lowest BCUT2D eigenvalue weighted by Gasteiger charge is -2.37.